The predicted molar refractivity (Wildman–Crippen MR) is 501 cm³/mol. The topological polar surface area (TPSA) is 547 Å². The highest BCUT2D eigenvalue weighted by Gasteiger charge is 2.62. The molecule has 54 heteroatoms. The third-order valence-electron chi connectivity index (χ3n) is 27.5. The zero-order valence-corrected chi connectivity index (χ0v) is 88.7. The molecule has 0 saturated carbocycles. The van der Waals surface area contributed by atoms with Crippen LogP contribution in [0.4, 0.5) is 0 Å². The number of carbonyl (C=O) groups excluding carboxylic acids is 3. The van der Waals surface area contributed by atoms with Crippen LogP contribution >= 0.6 is 0 Å². The van der Waals surface area contributed by atoms with Gasteiger partial charge >= 0.3 is 0 Å². The molecule has 45 atom stereocenters. The molecule has 3 amide bonds. The fourth-order valence-electron chi connectivity index (χ4n) is 20.5. The summed E-state index contributed by atoms with van der Waals surface area (Å²) in [5.74, 6) is 0.282. The lowest BCUT2D eigenvalue weighted by Crippen LogP contribution is -2.68. The standard InChI is InChI=1S/C62H106N8O30.C30H51NO15.CH4/c1-29-38(45(79-8)51(85-14)59(91-29)97-43-36(27-76-5)95-61(54(88-17)49(43)83-12)99-41-34(25-74-3)93-33(24-71)40(78-7)47(41)81-10)63-56(72)31-22-69(67-65-31)20-21-70-23-32(66-68-70)57(73)64-39-30(2)92-60(52(86-15)46(39)80-9)98-44-37(28-77-6)96-62(55(89-18)50(44)84-13)100-42-35(26-75-4)94-58(90-19)53(87-16)48(42)82-11;1-12-18(32)31-19-15(2)42-29(25(38-8)22(19)35-5)45-21-17(14-34-4)44-30(27(40-10)24(21)37-7)46-20-16(13-33-3)43-28(41-11)26(39-9)23(20)36-6;/h22-23,29-30,33-55,58-62,71H,20-21,24-28H2,1-19H3,(H,63,72)(H,64,73);1,15-17,19-30H,13-14H2,2-11H3,(H,31,32);1H4. The Morgan fingerprint density at radius 3 is 0.721 bits per heavy atom. The maximum Gasteiger partial charge on any atom is 0.296 e. The number of carbonyl (C=O) groups is 3. The first kappa shape index (κ1) is 125. The molecule has 11 heterocycles. The van der Waals surface area contributed by atoms with Gasteiger partial charge in [-0.3, -0.25) is 14.4 Å². The van der Waals surface area contributed by atoms with Gasteiger partial charge in [0.25, 0.3) is 17.7 Å². The van der Waals surface area contributed by atoms with E-state index in [0.717, 1.165) is 0 Å². The minimum Gasteiger partial charge on any atom is -0.394 e. The monoisotopic (exact) mass is 2120 g/mol. The summed E-state index contributed by atoms with van der Waals surface area (Å²) in [7, 11) is 39.3. The van der Waals surface area contributed by atoms with E-state index in [1.807, 2.05) is 0 Å². The molecule has 9 fully saturated rings. The highest BCUT2D eigenvalue weighted by molar-refractivity contribution is 5.93. The fraction of sp³-hybridized carbons (Fsp3) is 0.903. The predicted octanol–water partition coefficient (Wildman–Crippen LogP) is -3.12. The van der Waals surface area contributed by atoms with Crippen molar-refractivity contribution in [2.45, 2.75) is 317 Å². The molecule has 2 aromatic heterocycles. The number of nitrogens with zero attached hydrogens (tertiary/aromatic N) is 6. The van der Waals surface area contributed by atoms with Gasteiger partial charge in [-0.05, 0) is 26.7 Å². The van der Waals surface area contributed by atoms with Crippen LogP contribution in [0, 0.1) is 12.3 Å². The number of amides is 3. The number of aromatic nitrogens is 6. The van der Waals surface area contributed by atoms with E-state index < -0.39 is 294 Å². The summed E-state index contributed by atoms with van der Waals surface area (Å²) in [6.07, 6.45) is -26.1. The van der Waals surface area contributed by atoms with Gasteiger partial charge in [0.1, 0.15) is 189 Å². The summed E-state index contributed by atoms with van der Waals surface area (Å²) in [5.41, 5.74) is -0.0275. The van der Waals surface area contributed by atoms with Gasteiger partial charge in [0.15, 0.2) is 61.7 Å². The first-order valence-corrected chi connectivity index (χ1v) is 47.8. The van der Waals surface area contributed by atoms with Crippen LogP contribution < -0.4 is 16.0 Å². The van der Waals surface area contributed by atoms with Crippen LogP contribution in [0.3, 0.4) is 0 Å². The average Bonchev–Trinajstić information content (AvgIpc) is 1.63. The second kappa shape index (κ2) is 61.8. The van der Waals surface area contributed by atoms with Gasteiger partial charge in [0.2, 0.25) is 0 Å². The van der Waals surface area contributed by atoms with E-state index in [-0.39, 0.29) is 78.2 Å². The van der Waals surface area contributed by atoms with Gasteiger partial charge in [-0.25, -0.2) is 9.36 Å². The minimum absolute atomic E-state index is 0. The molecule has 147 heavy (non-hydrogen) atoms. The maximum absolute atomic E-state index is 14.0. The number of nitrogens with one attached hydrogen (secondary N) is 3. The van der Waals surface area contributed by atoms with Crippen molar-refractivity contribution in [1.29, 1.82) is 0 Å². The third-order valence-corrected chi connectivity index (χ3v) is 27.5. The molecule has 848 valence electrons. The molecule has 9 saturated heterocycles. The first-order valence-electron chi connectivity index (χ1n) is 47.8. The highest BCUT2D eigenvalue weighted by atomic mass is 16.8. The Labute approximate surface area is 858 Å². The van der Waals surface area contributed by atoms with E-state index in [0.29, 0.717) is 0 Å². The van der Waals surface area contributed by atoms with Crippen LogP contribution in [0.2, 0.25) is 0 Å². The van der Waals surface area contributed by atoms with Crippen molar-refractivity contribution in [2.75, 3.05) is 231 Å². The maximum atomic E-state index is 14.0. The Bertz CT molecular complexity index is 3940. The van der Waals surface area contributed by atoms with Gasteiger partial charge in [-0.15, -0.1) is 16.6 Å². The quantitative estimate of drug-likeness (QED) is 0.0476. The van der Waals surface area contributed by atoms with Gasteiger partial charge < -0.3 is 215 Å². The van der Waals surface area contributed by atoms with E-state index in [1.54, 1.807) is 42.1 Å². The van der Waals surface area contributed by atoms with E-state index in [4.69, 9.17) is 201 Å². The Morgan fingerprint density at radius 2 is 0.497 bits per heavy atom. The molecule has 0 bridgehead atoms. The Hall–Kier alpha value is -5.43. The number of methoxy groups -OCH3 is 26. The van der Waals surface area contributed by atoms with Gasteiger partial charge in [-0.1, -0.05) is 17.9 Å². The molecule has 11 rings (SSSR count). The molecule has 0 aliphatic carbocycles. The van der Waals surface area contributed by atoms with E-state index >= 15 is 0 Å². The summed E-state index contributed by atoms with van der Waals surface area (Å²) < 4.78 is 252. The SMILES string of the molecule is C.C#CC(=O)NC1C(C)OC(OC2C(COC)OC(OC3C(COC)OC(OC)C(OC)C3OC)C(OC)C2OC)C(OC)C1OC.COCC1OC(CO)C(OC)C(OC)C1OC1OC(COC)C(OC2OC(C)C(NC(=O)c3cn(CCn4cc(C(=O)NC5C(C)OC(OC6C(COC)OC(OC7C(COC)OC(OC)C(OC)C7OC)C(OC)C6OC)C(OC)C5OC)nn4)nn3)C(OC)C2OC)C(OC)C1OC. The normalized spacial score (nSPS) is 39.9. The van der Waals surface area contributed by atoms with Crippen LogP contribution in [-0.4, -0.2) is 560 Å². The van der Waals surface area contributed by atoms with Crippen molar-refractivity contribution in [1.82, 2.24) is 45.9 Å². The average molecular weight is 2130 g/mol. The lowest BCUT2D eigenvalue weighted by molar-refractivity contribution is -0.381. The largest absolute Gasteiger partial charge is 0.394 e. The molecule has 45 unspecified atom stereocenters. The second-order valence-corrected chi connectivity index (χ2v) is 35.5. The van der Waals surface area contributed by atoms with Crippen molar-refractivity contribution >= 4 is 17.7 Å². The van der Waals surface area contributed by atoms with E-state index in [1.165, 1.54) is 185 Å². The zero-order valence-electron chi connectivity index (χ0n) is 88.7. The van der Waals surface area contributed by atoms with Crippen molar-refractivity contribution in [3.05, 3.63) is 23.8 Å². The lowest BCUT2D eigenvalue weighted by Gasteiger charge is -2.51. The smallest absolute Gasteiger partial charge is 0.296 e. The number of aryl methyl sites for hydroxylation is 2. The van der Waals surface area contributed by atoms with Crippen LogP contribution in [0.5, 0.6) is 0 Å². The number of ether oxygens (including phenoxy) is 41. The van der Waals surface area contributed by atoms with Crippen LogP contribution in [0.25, 0.3) is 0 Å². The molecule has 2 aromatic rings. The number of hydrogen-bond donors (Lipinski definition) is 4. The van der Waals surface area contributed by atoms with Crippen LogP contribution in [0.15, 0.2) is 12.4 Å². The Morgan fingerprint density at radius 1 is 0.286 bits per heavy atom. The summed E-state index contributed by atoms with van der Waals surface area (Å²) >= 11 is 0. The van der Waals surface area contributed by atoms with E-state index in [9.17, 15) is 19.5 Å². The minimum atomic E-state index is -1.12. The number of terminal acetylenes is 1. The van der Waals surface area contributed by atoms with E-state index in [2.05, 4.69) is 42.5 Å². The van der Waals surface area contributed by atoms with Crippen LogP contribution in [0.1, 0.15) is 49.2 Å². The highest BCUT2D eigenvalue weighted by Crippen LogP contribution is 2.43. The zero-order chi connectivity index (χ0) is 106. The molecule has 9 aliphatic rings. The van der Waals surface area contributed by atoms with Crippen molar-refractivity contribution in [3.8, 4) is 12.3 Å². The van der Waals surface area contributed by atoms with Crippen LogP contribution in [-0.2, 0) is 212 Å². The number of aliphatic hydroxyl groups excluding tert-OH is 1. The molecule has 9 aliphatic heterocycles. The first-order chi connectivity index (χ1) is 70.6. The summed E-state index contributed by atoms with van der Waals surface area (Å²) in [5, 5.41) is 35.6. The Kier molecular flexibility index (Phi) is 52.5. The van der Waals surface area contributed by atoms with Crippen molar-refractivity contribution in [2.24, 2.45) is 0 Å². The lowest BCUT2D eigenvalue weighted by atomic mass is 9.93. The summed E-state index contributed by atoms with van der Waals surface area (Å²) in [6, 6.07) is -2.21. The van der Waals surface area contributed by atoms with Gasteiger partial charge in [-0.2, -0.15) is 0 Å². The number of hydrogen-bond acceptors (Lipinski definition) is 49. The molecular weight excluding hydrogens is 1960 g/mol. The molecule has 0 aromatic carbocycles. The molecule has 4 N–H and O–H groups in total. The summed E-state index contributed by atoms with van der Waals surface area (Å²) in [4.78, 5) is 40.1. The third kappa shape index (κ3) is 29.3. The molecular formula is C93H161N9O45. The number of aliphatic hydroxyl groups is 1. The number of rotatable bonds is 53. The summed E-state index contributed by atoms with van der Waals surface area (Å²) in [6.45, 7) is 5.80. The Balaban J connectivity index is 0.000000427. The molecule has 0 radical (unpaired) electrons. The fourth-order valence-corrected chi connectivity index (χ4v) is 20.5. The van der Waals surface area contributed by atoms with Gasteiger partial charge in [0, 0.05) is 185 Å². The molecule has 0 spiro atoms. The van der Waals surface area contributed by atoms with Crippen molar-refractivity contribution in [3.63, 3.8) is 0 Å². The van der Waals surface area contributed by atoms with Gasteiger partial charge in [0.05, 0.1) is 108 Å². The second-order valence-electron chi connectivity index (χ2n) is 35.5. The van der Waals surface area contributed by atoms with Crippen molar-refractivity contribution < 1.29 is 214 Å². The molecule has 54 nitrogen and oxygen atoms in total.